The maximum Gasteiger partial charge on any atom is 0.244 e. The van der Waals surface area contributed by atoms with Gasteiger partial charge in [0.25, 0.3) is 0 Å². The largest absolute Gasteiger partial charge is 0.341 e. The summed E-state index contributed by atoms with van der Waals surface area (Å²) in [5.74, 6) is 0.183. The van der Waals surface area contributed by atoms with Crippen LogP contribution in [-0.4, -0.2) is 64.8 Å². The predicted molar refractivity (Wildman–Crippen MR) is 105 cm³/mol. The fourth-order valence-electron chi connectivity index (χ4n) is 3.98. The molecule has 0 bridgehead atoms. The zero-order valence-electron chi connectivity index (χ0n) is 15.2. The van der Waals surface area contributed by atoms with E-state index in [2.05, 4.69) is 15.3 Å². The molecule has 2 aliphatic heterocycles. The summed E-state index contributed by atoms with van der Waals surface area (Å²) in [6, 6.07) is 0.383. The molecule has 2 atom stereocenters. The summed E-state index contributed by atoms with van der Waals surface area (Å²) in [5.41, 5.74) is 0.945. The normalized spacial score (nSPS) is 22.6. The third-order valence-corrected chi connectivity index (χ3v) is 5.26. The highest BCUT2D eigenvalue weighted by molar-refractivity contribution is 5.85. The molecule has 8 heteroatoms. The van der Waals surface area contributed by atoms with Gasteiger partial charge in [0, 0.05) is 37.9 Å². The van der Waals surface area contributed by atoms with Gasteiger partial charge in [-0.3, -0.25) is 9.48 Å². The minimum Gasteiger partial charge on any atom is -0.341 e. The van der Waals surface area contributed by atoms with Crippen molar-refractivity contribution in [3.63, 3.8) is 0 Å². The number of likely N-dealkylation sites (N-methyl/N-ethyl adjacent to an activating group) is 1. The second-order valence-corrected chi connectivity index (χ2v) is 6.82. The van der Waals surface area contributed by atoms with Crippen LogP contribution in [0.3, 0.4) is 0 Å². The number of likely N-dealkylation sites (tertiary alicyclic amines) is 2. The fraction of sp³-hybridized carbons (Fsp3) is 0.765. The monoisotopic (exact) mass is 391 g/mol. The van der Waals surface area contributed by atoms with Crippen LogP contribution in [0.4, 0.5) is 0 Å². The van der Waals surface area contributed by atoms with Crippen molar-refractivity contribution in [3.8, 4) is 0 Å². The number of hydrogen-bond acceptors (Lipinski definition) is 4. The minimum absolute atomic E-state index is 0. The molecule has 0 aromatic carbocycles. The first-order valence-electron chi connectivity index (χ1n) is 8.87. The summed E-state index contributed by atoms with van der Waals surface area (Å²) in [4.78, 5) is 17.6. The Hall–Kier alpha value is -0.820. The van der Waals surface area contributed by atoms with E-state index >= 15 is 0 Å². The zero-order valence-corrected chi connectivity index (χ0v) is 16.8. The van der Waals surface area contributed by atoms with Gasteiger partial charge in [-0.25, -0.2) is 0 Å². The maximum atomic E-state index is 12.9. The molecule has 0 radical (unpaired) electrons. The Morgan fingerprint density at radius 2 is 1.88 bits per heavy atom. The quantitative estimate of drug-likeness (QED) is 0.852. The van der Waals surface area contributed by atoms with Crippen molar-refractivity contribution in [3.05, 3.63) is 18.0 Å². The average molecular weight is 392 g/mol. The number of carbonyl (C=O) groups excluding carboxylic acids is 1. The lowest BCUT2D eigenvalue weighted by Gasteiger charge is -2.27. The maximum absolute atomic E-state index is 12.9. The molecule has 1 amide bonds. The van der Waals surface area contributed by atoms with Crippen LogP contribution in [0, 0.1) is 0 Å². The molecule has 25 heavy (non-hydrogen) atoms. The van der Waals surface area contributed by atoms with E-state index in [9.17, 15) is 4.79 Å². The molecule has 3 heterocycles. The third-order valence-electron chi connectivity index (χ3n) is 5.26. The first-order valence-corrected chi connectivity index (χ1v) is 8.87. The fourth-order valence-corrected chi connectivity index (χ4v) is 3.98. The van der Waals surface area contributed by atoms with Gasteiger partial charge in [0.15, 0.2) is 0 Å². The molecular weight excluding hydrogens is 361 g/mol. The summed E-state index contributed by atoms with van der Waals surface area (Å²) in [6.07, 6.45) is 9.81. The van der Waals surface area contributed by atoms with Gasteiger partial charge in [0.1, 0.15) is 6.04 Å². The van der Waals surface area contributed by atoms with E-state index in [4.69, 9.17) is 0 Å². The van der Waals surface area contributed by atoms with Crippen LogP contribution < -0.4 is 5.32 Å². The summed E-state index contributed by atoms with van der Waals surface area (Å²) in [7, 11) is 3.73. The summed E-state index contributed by atoms with van der Waals surface area (Å²) >= 11 is 0. The van der Waals surface area contributed by atoms with Gasteiger partial charge < -0.3 is 15.1 Å². The molecule has 0 saturated carbocycles. The standard InChI is InChI=1S/C17H29N5O.2ClH/c1-18-16(14-12-19-20(2)13-14)17(23)22-10-5-6-15(7-11-22)21-8-3-4-9-21;;/h12-13,15-16,18H,3-11H2,1-2H3;2*1H. The van der Waals surface area contributed by atoms with Gasteiger partial charge in [-0.2, -0.15) is 5.10 Å². The lowest BCUT2D eigenvalue weighted by Crippen LogP contribution is -2.41. The minimum atomic E-state index is -0.285. The van der Waals surface area contributed by atoms with Crippen molar-refractivity contribution in [1.82, 2.24) is 24.9 Å². The first kappa shape index (κ1) is 22.2. The molecule has 1 N–H and O–H groups in total. The molecule has 2 unspecified atom stereocenters. The van der Waals surface area contributed by atoms with Gasteiger partial charge in [0.2, 0.25) is 5.91 Å². The van der Waals surface area contributed by atoms with E-state index in [0.29, 0.717) is 6.04 Å². The van der Waals surface area contributed by atoms with Crippen molar-refractivity contribution < 1.29 is 4.79 Å². The second-order valence-electron chi connectivity index (χ2n) is 6.82. The lowest BCUT2D eigenvalue weighted by atomic mass is 10.1. The molecule has 0 aliphatic carbocycles. The van der Waals surface area contributed by atoms with Crippen molar-refractivity contribution in [2.45, 2.75) is 44.2 Å². The molecule has 1 aromatic rings. The topological polar surface area (TPSA) is 53.4 Å². The molecule has 3 rings (SSSR count). The number of aromatic nitrogens is 2. The van der Waals surface area contributed by atoms with Crippen LogP contribution in [0.1, 0.15) is 43.7 Å². The van der Waals surface area contributed by atoms with Crippen LogP contribution in [0.25, 0.3) is 0 Å². The van der Waals surface area contributed by atoms with E-state index < -0.39 is 0 Å². The van der Waals surface area contributed by atoms with E-state index in [1.165, 1.54) is 32.4 Å². The van der Waals surface area contributed by atoms with Crippen LogP contribution >= 0.6 is 24.8 Å². The van der Waals surface area contributed by atoms with Crippen molar-refractivity contribution in [2.24, 2.45) is 7.05 Å². The lowest BCUT2D eigenvalue weighted by molar-refractivity contribution is -0.133. The Morgan fingerprint density at radius 3 is 2.48 bits per heavy atom. The molecule has 6 nitrogen and oxygen atoms in total. The van der Waals surface area contributed by atoms with Gasteiger partial charge >= 0.3 is 0 Å². The zero-order chi connectivity index (χ0) is 16.2. The molecule has 0 spiro atoms. The van der Waals surface area contributed by atoms with E-state index in [-0.39, 0.29) is 36.8 Å². The number of nitrogens with one attached hydrogen (secondary N) is 1. The highest BCUT2D eigenvalue weighted by Gasteiger charge is 2.30. The highest BCUT2D eigenvalue weighted by Crippen LogP contribution is 2.23. The predicted octanol–water partition coefficient (Wildman–Crippen LogP) is 2.00. The SMILES string of the molecule is CNC(C(=O)N1CCCC(N2CCCC2)CC1)c1cnn(C)c1.Cl.Cl. The van der Waals surface area contributed by atoms with E-state index in [0.717, 1.165) is 31.5 Å². The number of rotatable bonds is 4. The van der Waals surface area contributed by atoms with Gasteiger partial charge in [-0.1, -0.05) is 0 Å². The van der Waals surface area contributed by atoms with Crippen LogP contribution in [0.2, 0.25) is 0 Å². The highest BCUT2D eigenvalue weighted by atomic mass is 35.5. The van der Waals surface area contributed by atoms with Crippen LogP contribution in [-0.2, 0) is 11.8 Å². The van der Waals surface area contributed by atoms with Gasteiger partial charge in [-0.15, -0.1) is 24.8 Å². The second kappa shape index (κ2) is 10.4. The van der Waals surface area contributed by atoms with E-state index in [1.807, 2.05) is 25.2 Å². The van der Waals surface area contributed by atoms with E-state index in [1.54, 1.807) is 10.9 Å². The molecule has 144 valence electrons. The van der Waals surface area contributed by atoms with Crippen molar-refractivity contribution >= 4 is 30.7 Å². The first-order chi connectivity index (χ1) is 11.2. The molecule has 2 fully saturated rings. The van der Waals surface area contributed by atoms with Crippen molar-refractivity contribution in [1.29, 1.82) is 0 Å². The number of amides is 1. The summed E-state index contributed by atoms with van der Waals surface area (Å²) < 4.78 is 1.75. The van der Waals surface area contributed by atoms with Crippen molar-refractivity contribution in [2.75, 3.05) is 33.2 Å². The summed E-state index contributed by atoms with van der Waals surface area (Å²) in [5, 5.41) is 7.36. The molecule has 1 aromatic heterocycles. The number of aryl methyl sites for hydroxylation is 1. The van der Waals surface area contributed by atoms with Crippen LogP contribution in [0.5, 0.6) is 0 Å². The molecular formula is C17H31Cl2N5O. The number of halogens is 2. The van der Waals surface area contributed by atoms with Gasteiger partial charge in [-0.05, 0) is 52.2 Å². The summed E-state index contributed by atoms with van der Waals surface area (Å²) in [6.45, 7) is 4.24. The number of nitrogens with zero attached hydrogens (tertiary/aromatic N) is 4. The smallest absolute Gasteiger partial charge is 0.244 e. The Kier molecular flexibility index (Phi) is 9.21. The Bertz CT molecular complexity index is 533. The molecule has 2 aliphatic rings. The van der Waals surface area contributed by atoms with Gasteiger partial charge in [0.05, 0.1) is 6.20 Å². The van der Waals surface area contributed by atoms with Crippen LogP contribution in [0.15, 0.2) is 12.4 Å². The average Bonchev–Trinajstić information content (AvgIpc) is 3.15. The number of hydrogen-bond donors (Lipinski definition) is 1. The molecule has 2 saturated heterocycles. The Balaban J connectivity index is 0.00000156. The third kappa shape index (κ3) is 5.33. The number of carbonyl (C=O) groups is 1. The Morgan fingerprint density at radius 1 is 1.16 bits per heavy atom. The Labute approximate surface area is 163 Å².